The number of hydrogen-bond acceptors (Lipinski definition) is 2. The highest BCUT2D eigenvalue weighted by atomic mass is 15.0. The van der Waals surface area contributed by atoms with Crippen LogP contribution in [0.25, 0.3) is 11.1 Å². The van der Waals surface area contributed by atoms with Gasteiger partial charge in [-0.05, 0) is 34.7 Å². The Morgan fingerprint density at radius 1 is 0.789 bits per heavy atom. The van der Waals surface area contributed by atoms with Crippen molar-refractivity contribution >= 4 is 11.4 Å². The van der Waals surface area contributed by atoms with Crippen LogP contribution in [0.4, 0.5) is 11.4 Å². The molecule has 0 aromatic heterocycles. The molecule has 1 aliphatic heterocycles. The highest BCUT2D eigenvalue weighted by Crippen LogP contribution is 2.31. The van der Waals surface area contributed by atoms with Crippen LogP contribution in [0.5, 0.6) is 0 Å². The van der Waals surface area contributed by atoms with Crippen LogP contribution in [-0.4, -0.2) is 13.1 Å². The van der Waals surface area contributed by atoms with E-state index in [4.69, 9.17) is 0 Å². The second-order valence-electron chi connectivity index (χ2n) is 5.39. The van der Waals surface area contributed by atoms with Crippen LogP contribution in [0.1, 0.15) is 25.3 Å². The van der Waals surface area contributed by atoms with Gasteiger partial charge < -0.3 is 10.6 Å². The zero-order chi connectivity index (χ0) is 13.2. The second kappa shape index (κ2) is 4.96. The number of fused-ring (bicyclic) bond motifs is 1. The Kier molecular flexibility index (Phi) is 3.16. The molecule has 0 atom stereocenters. The minimum atomic E-state index is 0.587. The molecule has 0 amide bonds. The molecule has 2 aromatic rings. The van der Waals surface area contributed by atoms with Gasteiger partial charge >= 0.3 is 0 Å². The number of hydrogen-bond donors (Lipinski definition) is 2. The first-order chi connectivity index (χ1) is 9.24. The van der Waals surface area contributed by atoms with Crippen LogP contribution in [0, 0.1) is 0 Å². The van der Waals surface area contributed by atoms with Gasteiger partial charge in [0.2, 0.25) is 0 Å². The molecule has 0 aliphatic carbocycles. The van der Waals surface area contributed by atoms with Gasteiger partial charge in [0.1, 0.15) is 0 Å². The van der Waals surface area contributed by atoms with E-state index in [0.29, 0.717) is 5.92 Å². The Bertz CT molecular complexity index is 570. The van der Waals surface area contributed by atoms with E-state index < -0.39 is 0 Å². The average molecular weight is 252 g/mol. The lowest BCUT2D eigenvalue weighted by Gasteiger charge is -2.20. The molecule has 2 heteroatoms. The molecule has 3 rings (SSSR count). The van der Waals surface area contributed by atoms with Crippen molar-refractivity contribution in [1.82, 2.24) is 0 Å². The summed E-state index contributed by atoms with van der Waals surface area (Å²) in [6.45, 7) is 6.44. The first-order valence-electron chi connectivity index (χ1n) is 6.96. The summed E-state index contributed by atoms with van der Waals surface area (Å²) in [5.74, 6) is 0.587. The fourth-order valence-electron chi connectivity index (χ4n) is 2.48. The molecule has 0 saturated carbocycles. The van der Waals surface area contributed by atoms with Crippen LogP contribution >= 0.6 is 0 Å². The summed E-state index contributed by atoms with van der Waals surface area (Å²) in [5, 5.41) is 6.84. The molecule has 98 valence electrons. The van der Waals surface area contributed by atoms with E-state index in [2.05, 4.69) is 66.9 Å². The van der Waals surface area contributed by atoms with Gasteiger partial charge in [-0.15, -0.1) is 0 Å². The van der Waals surface area contributed by atoms with Crippen molar-refractivity contribution < 1.29 is 0 Å². The van der Waals surface area contributed by atoms with E-state index in [0.717, 1.165) is 13.1 Å². The fraction of sp³-hybridized carbons (Fsp3) is 0.294. The number of rotatable bonds is 2. The minimum absolute atomic E-state index is 0.587. The molecule has 0 bridgehead atoms. The van der Waals surface area contributed by atoms with Gasteiger partial charge in [0.25, 0.3) is 0 Å². The van der Waals surface area contributed by atoms with Crippen molar-refractivity contribution in [3.63, 3.8) is 0 Å². The van der Waals surface area contributed by atoms with Crippen LogP contribution in [0.2, 0.25) is 0 Å². The molecule has 2 N–H and O–H groups in total. The van der Waals surface area contributed by atoms with Crippen molar-refractivity contribution in [2.45, 2.75) is 19.8 Å². The summed E-state index contributed by atoms with van der Waals surface area (Å²) in [4.78, 5) is 0. The minimum Gasteiger partial charge on any atom is -0.382 e. The largest absolute Gasteiger partial charge is 0.382 e. The van der Waals surface area contributed by atoms with E-state index in [9.17, 15) is 0 Å². The van der Waals surface area contributed by atoms with E-state index in [1.165, 1.54) is 28.1 Å². The average Bonchev–Trinajstić information content (AvgIpc) is 2.47. The Morgan fingerprint density at radius 3 is 2.11 bits per heavy atom. The Morgan fingerprint density at radius 2 is 1.42 bits per heavy atom. The SMILES string of the molecule is CC(C)c1ccc(-c2ccc3c(c2)NCCN3)cc1. The van der Waals surface area contributed by atoms with Crippen LogP contribution in [0.3, 0.4) is 0 Å². The van der Waals surface area contributed by atoms with Crippen molar-refractivity contribution in [1.29, 1.82) is 0 Å². The number of nitrogens with one attached hydrogen (secondary N) is 2. The van der Waals surface area contributed by atoms with E-state index in [1.807, 2.05) is 0 Å². The van der Waals surface area contributed by atoms with Gasteiger partial charge in [-0.2, -0.15) is 0 Å². The first-order valence-corrected chi connectivity index (χ1v) is 6.96. The molecule has 0 spiro atoms. The molecule has 2 nitrogen and oxygen atoms in total. The predicted octanol–water partition coefficient (Wildman–Crippen LogP) is 4.31. The monoisotopic (exact) mass is 252 g/mol. The maximum absolute atomic E-state index is 3.44. The highest BCUT2D eigenvalue weighted by Gasteiger charge is 2.09. The van der Waals surface area contributed by atoms with E-state index in [1.54, 1.807) is 0 Å². The summed E-state index contributed by atoms with van der Waals surface area (Å²) in [6, 6.07) is 15.5. The highest BCUT2D eigenvalue weighted by molar-refractivity contribution is 5.78. The molecule has 0 saturated heterocycles. The molecule has 1 aliphatic rings. The molecule has 19 heavy (non-hydrogen) atoms. The summed E-state index contributed by atoms with van der Waals surface area (Å²) in [6.07, 6.45) is 0. The molecule has 0 fully saturated rings. The molecule has 0 unspecified atom stereocenters. The Labute approximate surface area is 114 Å². The molecule has 2 aromatic carbocycles. The standard InChI is InChI=1S/C17H20N2/c1-12(2)13-3-5-14(6-4-13)15-7-8-16-17(11-15)19-10-9-18-16/h3-8,11-12,18-19H,9-10H2,1-2H3. The van der Waals surface area contributed by atoms with Crippen LogP contribution in [0.15, 0.2) is 42.5 Å². The van der Waals surface area contributed by atoms with Gasteiger partial charge in [-0.3, -0.25) is 0 Å². The lowest BCUT2D eigenvalue weighted by atomic mass is 9.98. The third-order valence-corrected chi connectivity index (χ3v) is 3.69. The lowest BCUT2D eigenvalue weighted by molar-refractivity contribution is 0.867. The zero-order valence-corrected chi connectivity index (χ0v) is 11.5. The van der Waals surface area contributed by atoms with Gasteiger partial charge in [0.15, 0.2) is 0 Å². The molecular weight excluding hydrogens is 232 g/mol. The first kappa shape index (κ1) is 12.1. The number of benzene rings is 2. The summed E-state index contributed by atoms with van der Waals surface area (Å²) >= 11 is 0. The van der Waals surface area contributed by atoms with Crippen molar-refractivity contribution in [3.8, 4) is 11.1 Å². The molecule has 0 radical (unpaired) electrons. The topological polar surface area (TPSA) is 24.1 Å². The van der Waals surface area contributed by atoms with Crippen molar-refractivity contribution in [2.24, 2.45) is 0 Å². The normalized spacial score (nSPS) is 13.6. The molecular formula is C17H20N2. The van der Waals surface area contributed by atoms with Crippen molar-refractivity contribution in [3.05, 3.63) is 48.0 Å². The third kappa shape index (κ3) is 2.43. The molecule has 1 heterocycles. The van der Waals surface area contributed by atoms with Crippen molar-refractivity contribution in [2.75, 3.05) is 23.7 Å². The van der Waals surface area contributed by atoms with Gasteiger partial charge in [-0.25, -0.2) is 0 Å². The maximum atomic E-state index is 3.44. The maximum Gasteiger partial charge on any atom is 0.0582 e. The predicted molar refractivity (Wildman–Crippen MR) is 82.9 cm³/mol. The van der Waals surface area contributed by atoms with Crippen LogP contribution in [-0.2, 0) is 0 Å². The zero-order valence-electron chi connectivity index (χ0n) is 11.5. The lowest BCUT2D eigenvalue weighted by Crippen LogP contribution is -2.20. The Hall–Kier alpha value is -1.96. The summed E-state index contributed by atoms with van der Waals surface area (Å²) in [5.41, 5.74) is 6.34. The van der Waals surface area contributed by atoms with Crippen LogP contribution < -0.4 is 10.6 Å². The second-order valence-corrected chi connectivity index (χ2v) is 5.39. The quantitative estimate of drug-likeness (QED) is 0.832. The van der Waals surface area contributed by atoms with Gasteiger partial charge in [0.05, 0.1) is 11.4 Å². The number of anilines is 2. The summed E-state index contributed by atoms with van der Waals surface area (Å²) < 4.78 is 0. The van der Waals surface area contributed by atoms with Gasteiger partial charge in [0, 0.05) is 13.1 Å². The van der Waals surface area contributed by atoms with Gasteiger partial charge in [-0.1, -0.05) is 44.2 Å². The summed E-state index contributed by atoms with van der Waals surface area (Å²) in [7, 11) is 0. The smallest absolute Gasteiger partial charge is 0.0582 e. The Balaban J connectivity index is 1.93. The fourth-order valence-corrected chi connectivity index (χ4v) is 2.48. The van der Waals surface area contributed by atoms with E-state index in [-0.39, 0.29) is 0 Å². The third-order valence-electron chi connectivity index (χ3n) is 3.69. The van der Waals surface area contributed by atoms with E-state index >= 15 is 0 Å².